The van der Waals surface area contributed by atoms with E-state index < -0.39 is 50.3 Å². The number of aliphatic hydroxyl groups is 2. The molecule has 45 heavy (non-hydrogen) atoms. The minimum atomic E-state index is -4.47. The van der Waals surface area contributed by atoms with Gasteiger partial charge in [0.05, 0.1) is 12.3 Å². The maximum absolute atomic E-state index is 14.3. The number of para-hydroxylation sites is 1. The van der Waals surface area contributed by atoms with E-state index in [1.165, 1.54) is 10.8 Å². The molecule has 0 radical (unpaired) electrons. The van der Waals surface area contributed by atoms with Gasteiger partial charge >= 0.3 is 13.7 Å². The van der Waals surface area contributed by atoms with Crippen LogP contribution in [0.3, 0.4) is 0 Å². The Morgan fingerprint density at radius 3 is 2.58 bits per heavy atom. The van der Waals surface area contributed by atoms with Crippen LogP contribution in [0, 0.1) is 23.2 Å². The van der Waals surface area contributed by atoms with Gasteiger partial charge in [0.25, 0.3) is 0 Å². The quantitative estimate of drug-likeness (QED) is 0.138. The van der Waals surface area contributed by atoms with Crippen LogP contribution in [0.5, 0.6) is 5.75 Å². The number of nitrogens with zero attached hydrogens (tertiary/aromatic N) is 4. The van der Waals surface area contributed by atoms with Gasteiger partial charge in [-0.3, -0.25) is 9.32 Å². The van der Waals surface area contributed by atoms with Crippen LogP contribution >= 0.6 is 7.75 Å². The van der Waals surface area contributed by atoms with Gasteiger partial charge in [0, 0.05) is 0 Å². The second-order valence-electron chi connectivity index (χ2n) is 11.5. The van der Waals surface area contributed by atoms with Crippen LogP contribution < -0.4 is 15.3 Å². The number of carbonyl (C=O) groups is 1. The van der Waals surface area contributed by atoms with Crippen LogP contribution in [0.15, 0.2) is 48.8 Å². The Labute approximate surface area is 262 Å². The normalized spacial score (nSPS) is 23.6. The molecule has 1 aromatic carbocycles. The predicted molar refractivity (Wildman–Crippen MR) is 164 cm³/mol. The van der Waals surface area contributed by atoms with Crippen LogP contribution in [0.1, 0.15) is 58.8 Å². The van der Waals surface area contributed by atoms with E-state index in [-0.39, 0.29) is 36.4 Å². The maximum Gasteiger partial charge on any atom is 0.459 e. The topological polar surface area (TPSA) is 204 Å². The number of nitriles is 1. The third-order valence-electron chi connectivity index (χ3n) is 7.78. The zero-order valence-electron chi connectivity index (χ0n) is 25.8. The molecule has 3 aromatic rings. The van der Waals surface area contributed by atoms with Crippen molar-refractivity contribution in [1.82, 2.24) is 19.7 Å². The van der Waals surface area contributed by atoms with Gasteiger partial charge in [-0.15, -0.1) is 0 Å². The van der Waals surface area contributed by atoms with Crippen LogP contribution in [-0.2, 0) is 23.4 Å². The van der Waals surface area contributed by atoms with E-state index in [0.717, 1.165) is 12.8 Å². The van der Waals surface area contributed by atoms with Crippen LogP contribution in [-0.4, -0.2) is 67.8 Å². The first-order valence-electron chi connectivity index (χ1n) is 14.9. The minimum absolute atomic E-state index is 0.00979. The van der Waals surface area contributed by atoms with Crippen molar-refractivity contribution in [3.05, 3.63) is 54.5 Å². The molecule has 0 saturated carbocycles. The largest absolute Gasteiger partial charge is 0.464 e. The van der Waals surface area contributed by atoms with E-state index in [4.69, 9.17) is 24.3 Å². The average molecular weight is 645 g/mol. The first-order chi connectivity index (χ1) is 21.5. The molecule has 1 saturated heterocycles. The van der Waals surface area contributed by atoms with Gasteiger partial charge in [-0.1, -0.05) is 58.7 Å². The number of ether oxygens (including phenoxy) is 2. The number of aromatic nitrogens is 3. The van der Waals surface area contributed by atoms with E-state index in [2.05, 4.69) is 15.2 Å². The standard InChI is InChI=1S/C30H41N6O8P/c1-5-20(6-2)15-41-29(39)22(14-19(3)4)35-45(40,44-21-10-8-7-9-11-21)42-17-30(16-31)27(38)25(37)26(43-30)23-12-13-24-28(32)33-18-34-36(23)24/h7-13,18-20,22,25-27,37-38H,5-6,14-15,17H2,1-4H3,(H,35,40)(H2,32,33,34)/t22-,25-,26-,27-,30+,45+/m0/s1. The van der Waals surface area contributed by atoms with Crippen molar-refractivity contribution in [2.24, 2.45) is 11.8 Å². The SMILES string of the molecule is CCC(CC)COC(=O)[C@H](CC(C)C)N[P@@](=O)(OC[C@@]1(C#N)O[C@@H](c2ccc3c(N)ncnn23)[C@H](O)[C@@H]1O)Oc1ccccc1. The summed E-state index contributed by atoms with van der Waals surface area (Å²) >= 11 is 0. The minimum Gasteiger partial charge on any atom is -0.464 e. The number of nitrogens with one attached hydrogen (secondary N) is 1. The number of aliphatic hydroxyl groups excluding tert-OH is 2. The number of anilines is 1. The molecule has 1 aliphatic heterocycles. The van der Waals surface area contributed by atoms with Crippen LogP contribution in [0.25, 0.3) is 5.52 Å². The third kappa shape index (κ3) is 7.81. The highest BCUT2D eigenvalue weighted by Crippen LogP contribution is 2.49. The Balaban J connectivity index is 1.60. The molecule has 0 unspecified atom stereocenters. The summed E-state index contributed by atoms with van der Waals surface area (Å²) in [6.07, 6.45) is -1.52. The molecule has 14 nitrogen and oxygen atoms in total. The van der Waals surface area contributed by atoms with Gasteiger partial charge in [0.2, 0.25) is 5.60 Å². The second kappa shape index (κ2) is 14.7. The summed E-state index contributed by atoms with van der Waals surface area (Å²) in [5.74, 6) is -0.118. The number of nitrogen functional groups attached to an aromatic ring is 1. The molecule has 0 spiro atoms. The van der Waals surface area contributed by atoms with Crippen molar-refractivity contribution in [1.29, 1.82) is 5.26 Å². The third-order valence-corrected chi connectivity index (χ3v) is 9.33. The molecule has 5 N–H and O–H groups in total. The number of fused-ring (bicyclic) bond motifs is 1. The van der Waals surface area contributed by atoms with Gasteiger partial charge in [0.15, 0.2) is 5.82 Å². The molecule has 15 heteroatoms. The molecule has 3 heterocycles. The Morgan fingerprint density at radius 1 is 1.22 bits per heavy atom. The van der Waals surface area contributed by atoms with Crippen molar-refractivity contribution in [3.63, 3.8) is 0 Å². The van der Waals surface area contributed by atoms with Gasteiger partial charge in [0.1, 0.15) is 54.6 Å². The van der Waals surface area contributed by atoms with Gasteiger partial charge < -0.3 is 29.9 Å². The number of rotatable bonds is 15. The predicted octanol–water partition coefficient (Wildman–Crippen LogP) is 3.55. The van der Waals surface area contributed by atoms with Gasteiger partial charge in [-0.2, -0.15) is 15.4 Å². The average Bonchev–Trinajstić information content (AvgIpc) is 3.56. The highest BCUT2D eigenvalue weighted by atomic mass is 31.2. The molecule has 1 aliphatic rings. The van der Waals surface area contributed by atoms with Crippen molar-refractivity contribution in [2.45, 2.75) is 76.9 Å². The molecule has 0 aliphatic carbocycles. The van der Waals surface area contributed by atoms with Crippen molar-refractivity contribution in [2.75, 3.05) is 18.9 Å². The maximum atomic E-state index is 14.3. The van der Waals surface area contributed by atoms with Crippen molar-refractivity contribution in [3.8, 4) is 11.8 Å². The van der Waals surface area contributed by atoms with Crippen LogP contribution in [0.4, 0.5) is 5.82 Å². The monoisotopic (exact) mass is 644 g/mol. The Bertz CT molecular complexity index is 1530. The number of carbonyl (C=O) groups excluding carboxylic acids is 1. The molecule has 0 amide bonds. The molecule has 4 rings (SSSR count). The first kappa shape index (κ1) is 34.3. The summed E-state index contributed by atoms with van der Waals surface area (Å²) < 4.78 is 38.8. The zero-order chi connectivity index (χ0) is 32.8. The first-order valence-corrected chi connectivity index (χ1v) is 16.5. The lowest BCUT2D eigenvalue weighted by atomic mass is 9.96. The van der Waals surface area contributed by atoms with E-state index in [0.29, 0.717) is 11.2 Å². The molecule has 244 valence electrons. The Morgan fingerprint density at radius 2 is 1.93 bits per heavy atom. The lowest BCUT2D eigenvalue weighted by molar-refractivity contribution is -0.147. The van der Waals surface area contributed by atoms with Gasteiger partial charge in [-0.25, -0.2) is 14.1 Å². The molecule has 2 aromatic heterocycles. The number of hydrogen-bond donors (Lipinski definition) is 4. The summed E-state index contributed by atoms with van der Waals surface area (Å²) in [6.45, 7) is 7.21. The van der Waals surface area contributed by atoms with E-state index in [1.807, 2.05) is 33.8 Å². The highest BCUT2D eigenvalue weighted by Gasteiger charge is 2.57. The summed E-state index contributed by atoms with van der Waals surface area (Å²) in [5.41, 5.74) is 4.46. The van der Waals surface area contributed by atoms with E-state index in [1.54, 1.807) is 42.5 Å². The Kier molecular flexibility index (Phi) is 11.2. The summed E-state index contributed by atoms with van der Waals surface area (Å²) in [5, 5.41) is 39.2. The second-order valence-corrected chi connectivity index (χ2v) is 13.2. The number of hydrogen-bond acceptors (Lipinski definition) is 12. The highest BCUT2D eigenvalue weighted by molar-refractivity contribution is 7.52. The number of benzene rings is 1. The molecular formula is C30H41N6O8P. The summed E-state index contributed by atoms with van der Waals surface area (Å²) in [4.78, 5) is 17.2. The molecular weight excluding hydrogens is 603 g/mol. The van der Waals surface area contributed by atoms with Gasteiger partial charge in [-0.05, 0) is 42.5 Å². The number of nitrogens with two attached hydrogens (primary N) is 1. The lowest BCUT2D eigenvalue weighted by Crippen LogP contribution is -2.46. The fourth-order valence-corrected chi connectivity index (χ4v) is 6.59. The molecule has 1 fully saturated rings. The zero-order valence-corrected chi connectivity index (χ0v) is 26.7. The van der Waals surface area contributed by atoms with Crippen molar-refractivity contribution >= 4 is 25.1 Å². The summed E-state index contributed by atoms with van der Waals surface area (Å²) in [6, 6.07) is 12.1. The van der Waals surface area contributed by atoms with Crippen LogP contribution in [0.2, 0.25) is 0 Å². The fraction of sp³-hybridized carbons (Fsp3) is 0.533. The fourth-order valence-electron chi connectivity index (χ4n) is 5.06. The number of esters is 1. The molecule has 0 bridgehead atoms. The lowest BCUT2D eigenvalue weighted by Gasteiger charge is -2.29. The van der Waals surface area contributed by atoms with E-state index in [9.17, 15) is 24.8 Å². The molecule has 6 atom stereocenters. The van der Waals surface area contributed by atoms with E-state index >= 15 is 0 Å². The smallest absolute Gasteiger partial charge is 0.459 e. The van der Waals surface area contributed by atoms with Crippen molar-refractivity contribution < 1.29 is 38.1 Å². The Hall–Kier alpha value is -3.57. The summed E-state index contributed by atoms with van der Waals surface area (Å²) in [7, 11) is -4.47.